The van der Waals surface area contributed by atoms with Crippen molar-refractivity contribution in [3.05, 3.63) is 18.5 Å². The Morgan fingerprint density at radius 2 is 2.50 bits per heavy atom. The zero-order valence-corrected chi connectivity index (χ0v) is 5.58. The maximum atomic E-state index is 4.63. The predicted molar refractivity (Wildman–Crippen MR) is 37.6 cm³/mol. The maximum Gasteiger partial charge on any atom is 0.0493 e. The number of thiocarbonyl (C=S) groups is 1. The highest BCUT2D eigenvalue weighted by molar-refractivity contribution is 8.00. The molecule has 0 aromatic carbocycles. The molecule has 1 heterocycles. The summed E-state index contributed by atoms with van der Waals surface area (Å²) < 4.78 is 1.82. The van der Waals surface area contributed by atoms with E-state index in [1.807, 2.05) is 0 Å². The number of nitrogens with zero attached hydrogens (tertiary/aromatic N) is 2. The molecule has 0 spiro atoms. The minimum atomic E-state index is 0.356. The highest BCUT2D eigenvalue weighted by Crippen LogP contribution is 1.82. The van der Waals surface area contributed by atoms with Gasteiger partial charge in [0.25, 0.3) is 0 Å². The Kier molecular flexibility index (Phi) is 1.55. The monoisotopic (exact) mass is 143 g/mol. The highest BCUT2D eigenvalue weighted by atomic mass is 32.1. The third-order valence-electron chi connectivity index (χ3n) is 0.691. The van der Waals surface area contributed by atoms with Crippen LogP contribution in [0.4, 0.5) is 0 Å². The molecule has 0 aliphatic carbocycles. The van der Waals surface area contributed by atoms with Gasteiger partial charge in [-0.05, 0) is 10.4 Å². The van der Waals surface area contributed by atoms with Crippen LogP contribution in [0.3, 0.4) is 0 Å². The summed E-state index contributed by atoms with van der Waals surface area (Å²) in [5, 5.41) is 3.79. The van der Waals surface area contributed by atoms with Gasteiger partial charge in [0.1, 0.15) is 0 Å². The van der Waals surface area contributed by atoms with Gasteiger partial charge in [0.15, 0.2) is 0 Å². The van der Waals surface area contributed by atoms with Gasteiger partial charge in [-0.3, -0.25) is 4.68 Å². The molecule has 2 nitrogen and oxygen atoms in total. The van der Waals surface area contributed by atoms with Crippen molar-refractivity contribution in [2.45, 2.75) is 0 Å². The van der Waals surface area contributed by atoms with Crippen LogP contribution in [-0.2, 0) is 12.6 Å². The summed E-state index contributed by atoms with van der Waals surface area (Å²) in [5.74, 6) is 0. The summed E-state index contributed by atoms with van der Waals surface area (Å²) in [7, 11) is 0. The van der Waals surface area contributed by atoms with Gasteiger partial charge < -0.3 is 24.8 Å². The van der Waals surface area contributed by atoms with Gasteiger partial charge in [0.2, 0.25) is 0 Å². The molecule has 0 N–H and O–H groups in total. The quantitative estimate of drug-likeness (QED) is 0.390. The van der Waals surface area contributed by atoms with E-state index in [9.17, 15) is 0 Å². The zero-order chi connectivity index (χ0) is 5.98. The molecule has 4 heteroatoms. The first-order chi connectivity index (χ1) is 3.80. The Bertz CT molecular complexity index is 180. The van der Waals surface area contributed by atoms with E-state index in [1.165, 1.54) is 4.68 Å². The van der Waals surface area contributed by atoms with Crippen molar-refractivity contribution < 1.29 is 0 Å². The first-order valence-corrected chi connectivity index (χ1v) is 2.83. The molecule has 0 fully saturated rings. The number of aromatic nitrogens is 2. The molecule has 0 unspecified atom stereocenters. The maximum absolute atomic E-state index is 4.63. The van der Waals surface area contributed by atoms with E-state index in [0.29, 0.717) is 4.32 Å². The molecule has 1 aromatic rings. The third kappa shape index (κ3) is 1.02. The van der Waals surface area contributed by atoms with Crippen LogP contribution in [0.15, 0.2) is 18.5 Å². The molecule has 0 radical (unpaired) electrons. The van der Waals surface area contributed by atoms with Crippen molar-refractivity contribution in [3.8, 4) is 0 Å². The fourth-order valence-corrected chi connectivity index (χ4v) is 0.593. The van der Waals surface area contributed by atoms with E-state index < -0.39 is 0 Å². The van der Waals surface area contributed by atoms with Gasteiger partial charge in [-0.25, -0.2) is 0 Å². The SMILES string of the molecule is S=C([S-])n1cccn1. The normalized spacial score (nSPS) is 9.00. The lowest BCUT2D eigenvalue weighted by atomic mass is 10.8. The molecule has 1 rings (SSSR count). The molecule has 42 valence electrons. The summed E-state index contributed by atoms with van der Waals surface area (Å²) in [6.07, 6.45) is 3.36. The van der Waals surface area contributed by atoms with E-state index in [-0.39, 0.29) is 0 Å². The molecule has 8 heavy (non-hydrogen) atoms. The summed E-state index contributed by atoms with van der Waals surface area (Å²) in [5.41, 5.74) is 0. The molecular formula is C4H3N2S2-. The topological polar surface area (TPSA) is 17.8 Å². The van der Waals surface area contributed by atoms with Crippen molar-refractivity contribution in [2.24, 2.45) is 0 Å². The van der Waals surface area contributed by atoms with Crippen molar-refractivity contribution in [2.75, 3.05) is 0 Å². The average molecular weight is 143 g/mol. The molecule has 0 amide bonds. The van der Waals surface area contributed by atoms with E-state index in [2.05, 4.69) is 29.9 Å². The summed E-state index contributed by atoms with van der Waals surface area (Å²) in [6.45, 7) is 0. The third-order valence-corrected chi connectivity index (χ3v) is 1.07. The van der Waals surface area contributed by atoms with E-state index in [1.54, 1.807) is 18.5 Å². The molecule has 0 aliphatic heterocycles. The van der Waals surface area contributed by atoms with Crippen molar-refractivity contribution in [3.63, 3.8) is 0 Å². The van der Waals surface area contributed by atoms with Crippen LogP contribution >= 0.6 is 12.2 Å². The summed E-state index contributed by atoms with van der Waals surface area (Å²) in [4.78, 5) is 0. The lowest BCUT2D eigenvalue weighted by Gasteiger charge is -2.01. The highest BCUT2D eigenvalue weighted by Gasteiger charge is 1.79. The Balaban J connectivity index is 2.93. The predicted octanol–water partition coefficient (Wildman–Crippen LogP) is 0.563. The average Bonchev–Trinajstić information content (AvgIpc) is 2.12. The second-order valence-corrected chi connectivity index (χ2v) is 2.25. The van der Waals surface area contributed by atoms with Gasteiger partial charge >= 0.3 is 0 Å². The second kappa shape index (κ2) is 2.19. The van der Waals surface area contributed by atoms with Crippen LogP contribution in [0.25, 0.3) is 0 Å². The minimum absolute atomic E-state index is 0.356. The van der Waals surface area contributed by atoms with Crippen LogP contribution in [0.5, 0.6) is 0 Å². The van der Waals surface area contributed by atoms with Gasteiger partial charge in [-0.2, -0.15) is 5.10 Å². The largest absolute Gasteiger partial charge is 0.409 e. The molecule has 0 aliphatic rings. The van der Waals surface area contributed by atoms with Crippen molar-refractivity contribution in [1.82, 2.24) is 9.78 Å². The fourth-order valence-electron chi connectivity index (χ4n) is 0.377. The Morgan fingerprint density at radius 3 is 2.75 bits per heavy atom. The van der Waals surface area contributed by atoms with Crippen molar-refractivity contribution in [1.29, 1.82) is 0 Å². The van der Waals surface area contributed by atoms with Gasteiger partial charge in [-0.15, -0.1) is 0 Å². The van der Waals surface area contributed by atoms with Crippen LogP contribution in [-0.4, -0.2) is 14.1 Å². The van der Waals surface area contributed by atoms with Crippen LogP contribution in [0.2, 0.25) is 0 Å². The number of rotatable bonds is 0. The second-order valence-electron chi connectivity index (χ2n) is 1.22. The Labute approximate surface area is 57.9 Å². The summed E-state index contributed by atoms with van der Waals surface area (Å²) in [6, 6.07) is 1.78. The Morgan fingerprint density at radius 1 is 1.75 bits per heavy atom. The number of hydrogen-bond donors (Lipinski definition) is 0. The first kappa shape index (κ1) is 5.65. The van der Waals surface area contributed by atoms with E-state index in [4.69, 9.17) is 0 Å². The van der Waals surface area contributed by atoms with Crippen LogP contribution in [0, 0.1) is 0 Å². The molecule has 0 bridgehead atoms. The van der Waals surface area contributed by atoms with Crippen LogP contribution < -0.4 is 0 Å². The molecule has 0 saturated carbocycles. The standard InChI is InChI=1S/C4H4N2S2/c7-4(8)6-3-1-2-5-6/h1-3H,(H,7,8)/p-1. The van der Waals surface area contributed by atoms with E-state index >= 15 is 0 Å². The van der Waals surface area contributed by atoms with Crippen LogP contribution in [0.1, 0.15) is 0 Å². The smallest absolute Gasteiger partial charge is 0.0493 e. The lowest BCUT2D eigenvalue weighted by molar-refractivity contribution is 0.965. The minimum Gasteiger partial charge on any atom is -0.409 e. The molecular weight excluding hydrogens is 140 g/mol. The summed E-state index contributed by atoms with van der Waals surface area (Å²) >= 11 is 9.26. The zero-order valence-electron chi connectivity index (χ0n) is 3.94. The Hall–Kier alpha value is -0.480. The van der Waals surface area contributed by atoms with E-state index in [0.717, 1.165) is 0 Å². The number of hydrogen-bond acceptors (Lipinski definition) is 3. The van der Waals surface area contributed by atoms with Gasteiger partial charge in [-0.1, -0.05) is 0 Å². The lowest BCUT2D eigenvalue weighted by Crippen LogP contribution is -2.04. The van der Waals surface area contributed by atoms with Gasteiger partial charge in [0, 0.05) is 12.4 Å². The molecule has 0 saturated heterocycles. The van der Waals surface area contributed by atoms with Gasteiger partial charge in [0.05, 0.1) is 0 Å². The fraction of sp³-hybridized carbons (Fsp3) is 0. The first-order valence-electron chi connectivity index (χ1n) is 2.01. The molecule has 0 atom stereocenters. The van der Waals surface area contributed by atoms with Crippen molar-refractivity contribution >= 4 is 29.2 Å². The molecule has 1 aromatic heterocycles.